The molecule has 0 radical (unpaired) electrons. The molecule has 7 heteroatoms. The van der Waals surface area contributed by atoms with Crippen LogP contribution >= 0.6 is 12.2 Å². The Labute approximate surface area is 150 Å². The molecule has 2 aromatic rings. The van der Waals surface area contributed by atoms with E-state index < -0.39 is 0 Å². The number of amides is 1. The number of hydrogen-bond acceptors (Lipinski definition) is 4. The zero-order valence-corrected chi connectivity index (χ0v) is 14.5. The summed E-state index contributed by atoms with van der Waals surface area (Å²) in [4.78, 5) is 17.5. The molecule has 1 aromatic heterocycles. The molecule has 25 heavy (non-hydrogen) atoms. The molecule has 3 rings (SSSR count). The first-order valence-corrected chi connectivity index (χ1v) is 8.59. The molecular formula is C18H20FN3O2S. The van der Waals surface area contributed by atoms with Crippen molar-refractivity contribution in [1.29, 1.82) is 0 Å². The number of H-pyrrole nitrogens is 1. The highest BCUT2D eigenvalue weighted by Gasteiger charge is 2.23. The van der Waals surface area contributed by atoms with Crippen molar-refractivity contribution in [3.8, 4) is 0 Å². The number of carbonyl (C=O) groups is 1. The summed E-state index contributed by atoms with van der Waals surface area (Å²) in [5.41, 5.74) is 1.40. The van der Waals surface area contributed by atoms with E-state index in [0.29, 0.717) is 30.0 Å². The summed E-state index contributed by atoms with van der Waals surface area (Å²) in [6.07, 6.45) is 1.69. The fraction of sp³-hybridized carbons (Fsp3) is 0.333. The monoisotopic (exact) mass is 361 g/mol. The summed E-state index contributed by atoms with van der Waals surface area (Å²) in [7, 11) is 0. The lowest BCUT2D eigenvalue weighted by atomic mass is 10.0. The van der Waals surface area contributed by atoms with Crippen molar-refractivity contribution in [3.63, 3.8) is 0 Å². The van der Waals surface area contributed by atoms with Crippen molar-refractivity contribution >= 4 is 18.1 Å². The molecule has 0 bridgehead atoms. The van der Waals surface area contributed by atoms with E-state index in [1.54, 1.807) is 30.5 Å². The Balaban J connectivity index is 1.75. The third kappa shape index (κ3) is 4.50. The first-order chi connectivity index (χ1) is 12.1. The lowest BCUT2D eigenvalue weighted by Gasteiger charge is -2.35. The van der Waals surface area contributed by atoms with Crippen LogP contribution in [0.2, 0.25) is 0 Å². The van der Waals surface area contributed by atoms with Crippen molar-refractivity contribution in [3.05, 3.63) is 64.2 Å². The molecule has 2 heterocycles. The van der Waals surface area contributed by atoms with E-state index in [1.165, 1.54) is 12.1 Å². The molecule has 1 amide bonds. The van der Waals surface area contributed by atoms with Gasteiger partial charge in [0, 0.05) is 25.8 Å². The van der Waals surface area contributed by atoms with Gasteiger partial charge in [0.1, 0.15) is 10.5 Å². The second-order valence-corrected chi connectivity index (χ2v) is 6.25. The first kappa shape index (κ1) is 17.7. The fourth-order valence-corrected chi connectivity index (χ4v) is 3.15. The van der Waals surface area contributed by atoms with E-state index in [2.05, 4.69) is 15.2 Å². The Bertz CT molecular complexity index is 772. The quantitative estimate of drug-likeness (QED) is 0.804. The van der Waals surface area contributed by atoms with Gasteiger partial charge in [0.25, 0.3) is 5.91 Å². The number of rotatable bonds is 5. The van der Waals surface area contributed by atoms with Crippen LogP contribution in [0.3, 0.4) is 0 Å². The zero-order valence-electron chi connectivity index (χ0n) is 13.7. The SMILES string of the molecule is O=C(NC[C@@H](c1ccc(F)cc1)N1CCOCC1)c1ccc[nH]c1=S. The number of pyridine rings is 1. The topological polar surface area (TPSA) is 57.4 Å². The van der Waals surface area contributed by atoms with Crippen LogP contribution in [0.1, 0.15) is 22.0 Å². The Morgan fingerprint density at radius 3 is 2.68 bits per heavy atom. The predicted molar refractivity (Wildman–Crippen MR) is 95.5 cm³/mol. The molecule has 1 saturated heterocycles. The smallest absolute Gasteiger partial charge is 0.254 e. The fourth-order valence-electron chi connectivity index (χ4n) is 2.92. The van der Waals surface area contributed by atoms with Crippen molar-refractivity contribution in [2.45, 2.75) is 6.04 Å². The standard InChI is InChI=1S/C18H20FN3O2S/c19-14-5-3-13(4-6-14)16(22-8-10-24-11-9-22)12-21-17(23)15-2-1-7-20-18(15)25/h1-7,16H,8-12H2,(H,20,25)(H,21,23)/t16-/m0/s1. The van der Waals surface area contributed by atoms with Gasteiger partial charge in [-0.2, -0.15) is 0 Å². The van der Waals surface area contributed by atoms with Gasteiger partial charge >= 0.3 is 0 Å². The predicted octanol–water partition coefficient (Wildman–Crippen LogP) is 2.69. The van der Waals surface area contributed by atoms with Crippen LogP contribution in [0.5, 0.6) is 0 Å². The molecule has 2 N–H and O–H groups in total. The number of carbonyl (C=O) groups excluding carboxylic acids is 1. The highest BCUT2D eigenvalue weighted by Crippen LogP contribution is 2.22. The Kier molecular flexibility index (Phi) is 5.91. The average molecular weight is 361 g/mol. The summed E-state index contributed by atoms with van der Waals surface area (Å²) >= 11 is 5.16. The lowest BCUT2D eigenvalue weighted by molar-refractivity contribution is 0.0162. The van der Waals surface area contributed by atoms with Crippen LogP contribution in [0.4, 0.5) is 4.39 Å². The van der Waals surface area contributed by atoms with Crippen molar-refractivity contribution < 1.29 is 13.9 Å². The summed E-state index contributed by atoms with van der Waals surface area (Å²) in [6.45, 7) is 3.24. The van der Waals surface area contributed by atoms with E-state index in [-0.39, 0.29) is 17.8 Å². The van der Waals surface area contributed by atoms with E-state index in [0.717, 1.165) is 18.7 Å². The number of ether oxygens (including phenoxy) is 1. The van der Waals surface area contributed by atoms with Gasteiger partial charge in [0.2, 0.25) is 0 Å². The number of halogens is 1. The second-order valence-electron chi connectivity index (χ2n) is 5.84. The third-order valence-electron chi connectivity index (χ3n) is 4.26. The zero-order chi connectivity index (χ0) is 17.6. The molecule has 1 aliphatic heterocycles. The van der Waals surface area contributed by atoms with Crippen LogP contribution in [-0.2, 0) is 4.74 Å². The lowest BCUT2D eigenvalue weighted by Crippen LogP contribution is -2.43. The Morgan fingerprint density at radius 2 is 2.00 bits per heavy atom. The van der Waals surface area contributed by atoms with Gasteiger partial charge in [0.05, 0.1) is 24.8 Å². The number of nitrogens with zero attached hydrogens (tertiary/aromatic N) is 1. The minimum absolute atomic E-state index is 0.0466. The van der Waals surface area contributed by atoms with Crippen molar-refractivity contribution in [2.24, 2.45) is 0 Å². The summed E-state index contributed by atoms with van der Waals surface area (Å²) in [5, 5.41) is 2.95. The molecule has 1 atom stereocenters. The van der Waals surface area contributed by atoms with Crippen LogP contribution in [-0.4, -0.2) is 48.6 Å². The number of benzene rings is 1. The Hall–Kier alpha value is -2.09. The summed E-state index contributed by atoms with van der Waals surface area (Å²) in [6, 6.07) is 9.79. The summed E-state index contributed by atoms with van der Waals surface area (Å²) in [5.74, 6) is -0.494. The highest BCUT2D eigenvalue weighted by molar-refractivity contribution is 7.71. The van der Waals surface area contributed by atoms with Gasteiger partial charge in [-0.15, -0.1) is 0 Å². The number of hydrogen-bond donors (Lipinski definition) is 2. The number of aromatic nitrogens is 1. The number of morpholine rings is 1. The molecule has 1 aromatic carbocycles. The molecule has 1 fully saturated rings. The van der Waals surface area contributed by atoms with E-state index in [4.69, 9.17) is 17.0 Å². The molecule has 0 unspecified atom stereocenters. The molecule has 0 aliphatic carbocycles. The molecule has 5 nitrogen and oxygen atoms in total. The van der Waals surface area contributed by atoms with Crippen molar-refractivity contribution in [2.75, 3.05) is 32.8 Å². The maximum Gasteiger partial charge on any atom is 0.254 e. The normalized spacial score (nSPS) is 16.4. The van der Waals surface area contributed by atoms with Gasteiger partial charge in [-0.1, -0.05) is 24.4 Å². The molecule has 1 aliphatic rings. The van der Waals surface area contributed by atoms with Gasteiger partial charge < -0.3 is 15.0 Å². The highest BCUT2D eigenvalue weighted by atomic mass is 32.1. The van der Waals surface area contributed by atoms with Crippen LogP contribution < -0.4 is 5.32 Å². The maximum atomic E-state index is 13.3. The molecule has 0 saturated carbocycles. The van der Waals surface area contributed by atoms with Gasteiger partial charge in [-0.3, -0.25) is 9.69 Å². The number of nitrogens with one attached hydrogen (secondary N) is 2. The Morgan fingerprint density at radius 1 is 1.28 bits per heavy atom. The van der Waals surface area contributed by atoms with Gasteiger partial charge in [-0.05, 0) is 29.8 Å². The van der Waals surface area contributed by atoms with Crippen LogP contribution in [0.15, 0.2) is 42.6 Å². The van der Waals surface area contributed by atoms with Gasteiger partial charge in [0.15, 0.2) is 0 Å². The summed E-state index contributed by atoms with van der Waals surface area (Å²) < 4.78 is 19.1. The third-order valence-corrected chi connectivity index (χ3v) is 4.60. The van der Waals surface area contributed by atoms with Crippen LogP contribution in [0, 0.1) is 10.5 Å². The number of aromatic amines is 1. The second kappa shape index (κ2) is 8.33. The largest absolute Gasteiger partial charge is 0.379 e. The van der Waals surface area contributed by atoms with E-state index in [9.17, 15) is 9.18 Å². The maximum absolute atomic E-state index is 13.3. The minimum Gasteiger partial charge on any atom is -0.379 e. The van der Waals surface area contributed by atoms with E-state index in [1.807, 2.05) is 0 Å². The van der Waals surface area contributed by atoms with Crippen molar-refractivity contribution in [1.82, 2.24) is 15.2 Å². The average Bonchev–Trinajstić information content (AvgIpc) is 2.64. The molecular weight excluding hydrogens is 341 g/mol. The van der Waals surface area contributed by atoms with Crippen LogP contribution in [0.25, 0.3) is 0 Å². The van der Waals surface area contributed by atoms with Gasteiger partial charge in [-0.25, -0.2) is 4.39 Å². The molecule has 132 valence electrons. The first-order valence-electron chi connectivity index (χ1n) is 8.18. The van der Waals surface area contributed by atoms with E-state index >= 15 is 0 Å². The molecule has 0 spiro atoms. The minimum atomic E-state index is -0.274.